The Balaban J connectivity index is 1.92. The monoisotopic (exact) mass is 489 g/mol. The molecule has 1 aliphatic rings. The minimum absolute atomic E-state index is 0.277. The summed E-state index contributed by atoms with van der Waals surface area (Å²) in [5, 5.41) is 6.33. The maximum Gasteiger partial charge on any atom is 0.337 e. The quantitative estimate of drug-likeness (QED) is 0.498. The van der Waals surface area contributed by atoms with Gasteiger partial charge < -0.3 is 15.4 Å². The van der Waals surface area contributed by atoms with E-state index in [1.165, 1.54) is 13.2 Å². The molecule has 2 aromatic carbocycles. The molecule has 0 aromatic heterocycles. The van der Waals surface area contributed by atoms with Crippen molar-refractivity contribution >= 4 is 46.8 Å². The van der Waals surface area contributed by atoms with Crippen LogP contribution >= 0.6 is 23.2 Å². The second-order valence-corrected chi connectivity index (χ2v) is 8.40. The summed E-state index contributed by atoms with van der Waals surface area (Å²) in [5.74, 6) is -0.895. The van der Waals surface area contributed by atoms with Crippen LogP contribution in [0.4, 0.5) is 10.5 Å². The van der Waals surface area contributed by atoms with Crippen LogP contribution in [0.5, 0.6) is 0 Å². The molecule has 0 saturated carbocycles. The van der Waals surface area contributed by atoms with Crippen molar-refractivity contribution in [3.8, 4) is 0 Å². The molecule has 1 atom stereocenters. The fraction of sp³-hybridized carbons (Fsp3) is 0.292. The van der Waals surface area contributed by atoms with Crippen molar-refractivity contribution in [2.24, 2.45) is 0 Å². The first kappa shape index (κ1) is 24.6. The number of allylic oxidation sites excluding steroid dienone is 1. The lowest BCUT2D eigenvalue weighted by atomic mass is 9.94. The van der Waals surface area contributed by atoms with Gasteiger partial charge in [0, 0.05) is 23.5 Å². The van der Waals surface area contributed by atoms with E-state index in [1.807, 2.05) is 6.92 Å². The normalized spacial score (nSPS) is 15.8. The van der Waals surface area contributed by atoms with Gasteiger partial charge in [-0.1, -0.05) is 48.7 Å². The van der Waals surface area contributed by atoms with E-state index in [2.05, 4.69) is 10.6 Å². The summed E-state index contributed by atoms with van der Waals surface area (Å²) in [5.41, 5.74) is 2.37. The number of amides is 3. The predicted octanol–water partition coefficient (Wildman–Crippen LogP) is 5.56. The second kappa shape index (κ2) is 10.7. The van der Waals surface area contributed by atoms with Gasteiger partial charge >= 0.3 is 12.0 Å². The van der Waals surface area contributed by atoms with Crippen molar-refractivity contribution in [3.05, 3.63) is 74.9 Å². The lowest BCUT2D eigenvalue weighted by molar-refractivity contribution is -0.136. The van der Waals surface area contributed by atoms with Gasteiger partial charge in [0.25, 0.3) is 5.91 Å². The van der Waals surface area contributed by atoms with Crippen LogP contribution in [-0.2, 0) is 9.53 Å². The summed E-state index contributed by atoms with van der Waals surface area (Å²) in [7, 11) is 1.31. The Labute approximate surface area is 202 Å². The van der Waals surface area contributed by atoms with E-state index in [-0.39, 0.29) is 17.0 Å². The number of carbonyl (C=O) groups is 3. The molecule has 174 valence electrons. The highest BCUT2D eigenvalue weighted by atomic mass is 35.5. The molecular weight excluding hydrogens is 465 g/mol. The van der Waals surface area contributed by atoms with Gasteiger partial charge in [0.15, 0.2) is 0 Å². The first-order valence-electron chi connectivity index (χ1n) is 10.5. The molecule has 0 unspecified atom stereocenters. The van der Waals surface area contributed by atoms with Crippen LogP contribution in [0.1, 0.15) is 48.7 Å². The van der Waals surface area contributed by atoms with E-state index >= 15 is 0 Å². The van der Waals surface area contributed by atoms with Crippen LogP contribution in [0.3, 0.4) is 0 Å². The van der Waals surface area contributed by atoms with E-state index < -0.39 is 12.0 Å². The van der Waals surface area contributed by atoms with E-state index in [4.69, 9.17) is 27.9 Å². The number of methoxy groups -OCH3 is 1. The number of benzene rings is 2. The van der Waals surface area contributed by atoms with Gasteiger partial charge in [-0.3, -0.25) is 9.69 Å². The fourth-order valence-corrected chi connectivity index (χ4v) is 3.93. The van der Waals surface area contributed by atoms with Crippen molar-refractivity contribution in [2.45, 2.75) is 32.7 Å². The fourth-order valence-electron chi connectivity index (χ4n) is 3.63. The van der Waals surface area contributed by atoms with Gasteiger partial charge in [0.2, 0.25) is 0 Å². The number of hydrogen-bond donors (Lipinski definition) is 2. The SMILES string of the molecule is CCCCN1C(=O)N[C@H](c2cccc(NC(=O)c3ccc(Cl)c(Cl)c3)c2)C(C(=O)OC)=C1C. The van der Waals surface area contributed by atoms with Crippen molar-refractivity contribution in [3.63, 3.8) is 0 Å². The first-order valence-corrected chi connectivity index (χ1v) is 11.3. The average Bonchev–Trinajstić information content (AvgIpc) is 2.80. The molecule has 9 heteroatoms. The molecule has 3 amide bonds. The smallest absolute Gasteiger partial charge is 0.337 e. The zero-order valence-corrected chi connectivity index (χ0v) is 20.1. The van der Waals surface area contributed by atoms with Crippen molar-refractivity contribution in [2.75, 3.05) is 19.0 Å². The third-order valence-corrected chi connectivity index (χ3v) is 6.14. The molecule has 3 rings (SSSR count). The minimum atomic E-state index is -0.718. The van der Waals surface area contributed by atoms with E-state index in [0.29, 0.717) is 39.7 Å². The van der Waals surface area contributed by atoms with Crippen LogP contribution in [0.15, 0.2) is 53.7 Å². The number of esters is 1. The van der Waals surface area contributed by atoms with Crippen molar-refractivity contribution in [1.29, 1.82) is 0 Å². The number of rotatable bonds is 7. The predicted molar refractivity (Wildman–Crippen MR) is 128 cm³/mol. The molecule has 2 aromatic rings. The molecular formula is C24H25Cl2N3O4. The Morgan fingerprint density at radius 2 is 1.91 bits per heavy atom. The number of hydrogen-bond acceptors (Lipinski definition) is 4. The number of halogens is 2. The highest BCUT2D eigenvalue weighted by Gasteiger charge is 2.36. The van der Waals surface area contributed by atoms with E-state index in [1.54, 1.807) is 48.2 Å². The van der Waals surface area contributed by atoms with Crippen LogP contribution in [0, 0.1) is 0 Å². The number of unbranched alkanes of at least 4 members (excludes halogenated alkanes) is 1. The number of ether oxygens (including phenoxy) is 1. The summed E-state index contributed by atoms with van der Waals surface area (Å²) >= 11 is 11.9. The summed E-state index contributed by atoms with van der Waals surface area (Å²) < 4.78 is 5.01. The lowest BCUT2D eigenvalue weighted by Gasteiger charge is -2.35. The Hall–Kier alpha value is -3.03. The zero-order chi connectivity index (χ0) is 24.1. The van der Waals surface area contributed by atoms with Crippen LogP contribution in [0.2, 0.25) is 10.0 Å². The number of anilines is 1. The second-order valence-electron chi connectivity index (χ2n) is 7.59. The average molecular weight is 490 g/mol. The molecule has 0 bridgehead atoms. The summed E-state index contributed by atoms with van der Waals surface area (Å²) in [4.78, 5) is 39.7. The number of urea groups is 1. The van der Waals surface area contributed by atoms with Crippen LogP contribution < -0.4 is 10.6 Å². The Kier molecular flexibility index (Phi) is 8.00. The minimum Gasteiger partial charge on any atom is -0.466 e. The topological polar surface area (TPSA) is 87.7 Å². The molecule has 0 radical (unpaired) electrons. The standard InChI is InChI=1S/C24H25Cl2N3O4/c1-4-5-11-29-14(2)20(23(31)33-3)21(28-24(29)32)15-7-6-8-17(12-15)27-22(30)16-9-10-18(25)19(26)13-16/h6-10,12-13,21H,4-5,11H2,1-3H3,(H,27,30)(H,28,32)/t21-/m1/s1. The van der Waals surface area contributed by atoms with Gasteiger partial charge in [0.1, 0.15) is 0 Å². The molecule has 7 nitrogen and oxygen atoms in total. The Morgan fingerprint density at radius 3 is 2.58 bits per heavy atom. The molecule has 1 heterocycles. The molecule has 0 aliphatic carbocycles. The summed E-state index contributed by atoms with van der Waals surface area (Å²) in [6.07, 6.45) is 1.72. The largest absolute Gasteiger partial charge is 0.466 e. The maximum atomic E-state index is 12.8. The first-order chi connectivity index (χ1) is 15.8. The van der Waals surface area contributed by atoms with Gasteiger partial charge in [-0.25, -0.2) is 9.59 Å². The Bertz CT molecular complexity index is 1120. The van der Waals surface area contributed by atoms with Gasteiger partial charge in [-0.15, -0.1) is 0 Å². The van der Waals surface area contributed by atoms with E-state index in [9.17, 15) is 14.4 Å². The number of nitrogens with zero attached hydrogens (tertiary/aromatic N) is 1. The summed E-state index contributed by atoms with van der Waals surface area (Å²) in [6, 6.07) is 10.5. The molecule has 33 heavy (non-hydrogen) atoms. The van der Waals surface area contributed by atoms with Gasteiger partial charge in [-0.05, 0) is 49.2 Å². The van der Waals surface area contributed by atoms with E-state index in [0.717, 1.165) is 12.8 Å². The van der Waals surface area contributed by atoms with Crippen LogP contribution in [-0.4, -0.2) is 36.5 Å². The van der Waals surface area contributed by atoms with Gasteiger partial charge in [-0.2, -0.15) is 0 Å². The molecule has 1 aliphatic heterocycles. The molecule has 2 N–H and O–H groups in total. The van der Waals surface area contributed by atoms with Crippen molar-refractivity contribution in [1.82, 2.24) is 10.2 Å². The summed E-state index contributed by atoms with van der Waals surface area (Å²) in [6.45, 7) is 4.27. The zero-order valence-electron chi connectivity index (χ0n) is 18.6. The highest BCUT2D eigenvalue weighted by molar-refractivity contribution is 6.42. The van der Waals surface area contributed by atoms with Crippen molar-refractivity contribution < 1.29 is 19.1 Å². The molecule has 0 fully saturated rings. The maximum absolute atomic E-state index is 12.8. The Morgan fingerprint density at radius 1 is 1.15 bits per heavy atom. The third-order valence-electron chi connectivity index (χ3n) is 5.40. The molecule has 0 saturated heterocycles. The third kappa shape index (κ3) is 5.49. The lowest BCUT2D eigenvalue weighted by Crippen LogP contribution is -2.48. The number of nitrogens with one attached hydrogen (secondary N) is 2. The van der Waals surface area contributed by atoms with Gasteiger partial charge in [0.05, 0.1) is 28.8 Å². The number of carbonyl (C=O) groups excluding carboxylic acids is 3. The molecule has 0 spiro atoms. The highest BCUT2D eigenvalue weighted by Crippen LogP contribution is 2.32. The van der Waals surface area contributed by atoms with Crippen LogP contribution in [0.25, 0.3) is 0 Å².